The molecule has 0 atom stereocenters. The maximum absolute atomic E-state index is 2.36. The van der Waals surface area contributed by atoms with E-state index < -0.39 is 0 Å². The van der Waals surface area contributed by atoms with Crippen LogP contribution in [0.3, 0.4) is 0 Å². The molecule has 2 heteroatoms. The minimum Gasteiger partial charge on any atom is -0.308 e. The molecule has 0 bridgehead atoms. The first-order chi connectivity index (χ1) is 9.34. The lowest BCUT2D eigenvalue weighted by molar-refractivity contribution is 1.19. The molecule has 4 rings (SSSR count). The average molecular weight is 263 g/mol. The lowest BCUT2D eigenvalue weighted by atomic mass is 10.2. The van der Waals surface area contributed by atoms with E-state index >= 15 is 0 Å². The molecule has 19 heavy (non-hydrogen) atoms. The van der Waals surface area contributed by atoms with Crippen molar-refractivity contribution in [3.8, 4) is 5.69 Å². The summed E-state index contributed by atoms with van der Waals surface area (Å²) in [5, 5.41) is 4.87. The number of hydrogen-bond acceptors (Lipinski definition) is 1. The van der Waals surface area contributed by atoms with Gasteiger partial charge in [0, 0.05) is 21.0 Å². The van der Waals surface area contributed by atoms with Crippen molar-refractivity contribution in [3.05, 3.63) is 64.9 Å². The van der Waals surface area contributed by atoms with Crippen LogP contribution in [0.25, 0.3) is 27.5 Å². The topological polar surface area (TPSA) is 4.93 Å². The molecule has 0 fully saturated rings. The summed E-state index contributed by atoms with van der Waals surface area (Å²) in [6, 6.07) is 19.5. The second-order valence-corrected chi connectivity index (χ2v) is 5.90. The molecular weight excluding hydrogens is 250 g/mol. The molecule has 0 aliphatic rings. The van der Waals surface area contributed by atoms with E-state index in [1.807, 2.05) is 0 Å². The fourth-order valence-corrected chi connectivity index (χ4v) is 3.42. The van der Waals surface area contributed by atoms with E-state index in [-0.39, 0.29) is 0 Å². The summed E-state index contributed by atoms with van der Waals surface area (Å²) < 4.78 is 2.36. The molecule has 0 aliphatic carbocycles. The Morgan fingerprint density at radius 1 is 0.842 bits per heavy atom. The summed E-state index contributed by atoms with van der Waals surface area (Å²) in [5.74, 6) is 0. The maximum atomic E-state index is 2.36. The van der Waals surface area contributed by atoms with Crippen LogP contribution in [-0.4, -0.2) is 4.57 Å². The largest absolute Gasteiger partial charge is 0.308 e. The van der Waals surface area contributed by atoms with E-state index in [0.29, 0.717) is 0 Å². The number of nitrogens with zero attached hydrogens (tertiary/aromatic N) is 1. The van der Waals surface area contributed by atoms with Crippen molar-refractivity contribution in [2.45, 2.75) is 6.92 Å². The van der Waals surface area contributed by atoms with Crippen LogP contribution in [0, 0.1) is 6.92 Å². The van der Waals surface area contributed by atoms with Gasteiger partial charge >= 0.3 is 0 Å². The van der Waals surface area contributed by atoms with Crippen LogP contribution in [-0.2, 0) is 0 Å². The Morgan fingerprint density at radius 2 is 1.42 bits per heavy atom. The summed E-state index contributed by atoms with van der Waals surface area (Å²) >= 11 is 1.80. The monoisotopic (exact) mass is 263 g/mol. The molecule has 0 unspecified atom stereocenters. The van der Waals surface area contributed by atoms with E-state index in [1.54, 1.807) is 11.3 Å². The third-order valence-corrected chi connectivity index (χ3v) is 4.40. The van der Waals surface area contributed by atoms with Crippen LogP contribution in [0.1, 0.15) is 4.88 Å². The predicted molar refractivity (Wildman–Crippen MR) is 83.4 cm³/mol. The number of fused-ring (bicyclic) bond motifs is 3. The van der Waals surface area contributed by atoms with Crippen LogP contribution in [0.4, 0.5) is 0 Å². The highest BCUT2D eigenvalue weighted by atomic mass is 32.1. The minimum absolute atomic E-state index is 1.26. The maximum Gasteiger partial charge on any atom is 0.0571 e. The molecule has 0 spiro atoms. The molecule has 0 aliphatic heterocycles. The lowest BCUT2D eigenvalue weighted by Gasteiger charge is -2.03. The van der Waals surface area contributed by atoms with Gasteiger partial charge in [0.2, 0.25) is 0 Å². The SMILES string of the molecule is Cc1cc(-n2c3ccccc3c3ccccc32)cs1. The van der Waals surface area contributed by atoms with Gasteiger partial charge in [-0.15, -0.1) is 11.3 Å². The quantitative estimate of drug-likeness (QED) is 0.447. The van der Waals surface area contributed by atoms with Gasteiger partial charge in [-0.1, -0.05) is 36.4 Å². The molecule has 2 heterocycles. The van der Waals surface area contributed by atoms with Gasteiger partial charge in [0.1, 0.15) is 0 Å². The number of para-hydroxylation sites is 2. The smallest absolute Gasteiger partial charge is 0.0571 e. The molecule has 0 amide bonds. The van der Waals surface area contributed by atoms with Crippen LogP contribution in [0.5, 0.6) is 0 Å². The third-order valence-electron chi connectivity index (χ3n) is 3.55. The number of aromatic nitrogens is 1. The van der Waals surface area contributed by atoms with Crippen LogP contribution in [0.2, 0.25) is 0 Å². The fraction of sp³-hybridized carbons (Fsp3) is 0.0588. The first-order valence-electron chi connectivity index (χ1n) is 6.38. The Balaban J connectivity index is 2.23. The standard InChI is InChI=1S/C17H13NS/c1-12-10-13(11-19-12)18-16-8-4-2-6-14(16)15-7-3-5-9-17(15)18/h2-11H,1H3. The van der Waals surface area contributed by atoms with Crippen molar-refractivity contribution < 1.29 is 0 Å². The van der Waals surface area contributed by atoms with Crippen molar-refractivity contribution in [2.24, 2.45) is 0 Å². The van der Waals surface area contributed by atoms with E-state index in [1.165, 1.54) is 32.4 Å². The Kier molecular flexibility index (Phi) is 2.26. The lowest BCUT2D eigenvalue weighted by Crippen LogP contribution is -1.90. The van der Waals surface area contributed by atoms with Gasteiger partial charge in [0.15, 0.2) is 0 Å². The second kappa shape index (κ2) is 3.97. The Labute approximate surface area is 115 Å². The van der Waals surface area contributed by atoms with Crippen molar-refractivity contribution in [1.82, 2.24) is 4.57 Å². The van der Waals surface area contributed by atoms with Crippen molar-refractivity contribution in [3.63, 3.8) is 0 Å². The van der Waals surface area contributed by atoms with Crippen LogP contribution >= 0.6 is 11.3 Å². The Bertz CT molecular complexity index is 829. The highest BCUT2D eigenvalue weighted by Crippen LogP contribution is 2.32. The van der Waals surface area contributed by atoms with Gasteiger partial charge < -0.3 is 4.57 Å². The molecule has 0 N–H and O–H groups in total. The zero-order valence-electron chi connectivity index (χ0n) is 10.6. The van der Waals surface area contributed by atoms with Gasteiger partial charge in [-0.05, 0) is 25.1 Å². The normalized spacial score (nSPS) is 11.4. The predicted octanol–water partition coefficient (Wildman–Crippen LogP) is 5.15. The number of aryl methyl sites for hydroxylation is 1. The molecule has 92 valence electrons. The minimum atomic E-state index is 1.26. The first kappa shape index (κ1) is 10.8. The Hall–Kier alpha value is -2.06. The molecule has 0 saturated carbocycles. The molecule has 0 radical (unpaired) electrons. The van der Waals surface area contributed by atoms with Gasteiger partial charge in [0.05, 0.1) is 16.7 Å². The van der Waals surface area contributed by atoms with Gasteiger partial charge in [0.25, 0.3) is 0 Å². The van der Waals surface area contributed by atoms with Gasteiger partial charge in [-0.2, -0.15) is 0 Å². The summed E-state index contributed by atoms with van der Waals surface area (Å²) in [7, 11) is 0. The number of benzene rings is 2. The number of thiophene rings is 1. The molecule has 1 nitrogen and oxygen atoms in total. The zero-order chi connectivity index (χ0) is 12.8. The highest BCUT2D eigenvalue weighted by molar-refractivity contribution is 7.10. The summed E-state index contributed by atoms with van der Waals surface area (Å²) in [4.78, 5) is 1.34. The summed E-state index contributed by atoms with van der Waals surface area (Å²) in [6.45, 7) is 2.15. The highest BCUT2D eigenvalue weighted by Gasteiger charge is 2.11. The summed E-state index contributed by atoms with van der Waals surface area (Å²) in [6.07, 6.45) is 0. The number of hydrogen-bond donors (Lipinski definition) is 0. The number of rotatable bonds is 1. The molecule has 0 saturated heterocycles. The van der Waals surface area contributed by atoms with E-state index in [9.17, 15) is 0 Å². The molecule has 4 aromatic rings. The first-order valence-corrected chi connectivity index (χ1v) is 7.26. The van der Waals surface area contributed by atoms with E-state index in [4.69, 9.17) is 0 Å². The zero-order valence-corrected chi connectivity index (χ0v) is 11.4. The van der Waals surface area contributed by atoms with Crippen LogP contribution < -0.4 is 0 Å². The fourth-order valence-electron chi connectivity index (χ4n) is 2.75. The average Bonchev–Trinajstić information content (AvgIpc) is 3.00. The molecule has 2 aromatic carbocycles. The van der Waals surface area contributed by atoms with Gasteiger partial charge in [-0.25, -0.2) is 0 Å². The van der Waals surface area contributed by atoms with Gasteiger partial charge in [-0.3, -0.25) is 0 Å². The Morgan fingerprint density at radius 3 is 1.95 bits per heavy atom. The molecular formula is C17H13NS. The van der Waals surface area contributed by atoms with Crippen molar-refractivity contribution in [1.29, 1.82) is 0 Å². The van der Waals surface area contributed by atoms with Crippen LogP contribution in [0.15, 0.2) is 60.0 Å². The van der Waals surface area contributed by atoms with E-state index in [2.05, 4.69) is 71.5 Å². The second-order valence-electron chi connectivity index (χ2n) is 4.79. The van der Waals surface area contributed by atoms with Crippen molar-refractivity contribution in [2.75, 3.05) is 0 Å². The summed E-state index contributed by atoms with van der Waals surface area (Å²) in [5.41, 5.74) is 3.82. The van der Waals surface area contributed by atoms with Crippen molar-refractivity contribution >= 4 is 33.1 Å². The van der Waals surface area contributed by atoms with E-state index in [0.717, 1.165) is 0 Å². The third kappa shape index (κ3) is 1.53. The molecule has 2 aromatic heterocycles.